The van der Waals surface area contributed by atoms with Crippen LogP contribution in [-0.4, -0.2) is 143 Å². The van der Waals surface area contributed by atoms with E-state index in [0.29, 0.717) is 47.5 Å². The number of hydrogen-bond acceptors (Lipinski definition) is 12. The molecule has 6 heterocycles. The number of thiazole rings is 1. The predicted octanol–water partition coefficient (Wildman–Crippen LogP) is 6.89. The molecule has 4 unspecified atom stereocenters. The number of unbranched alkanes of at least 4 members (excludes halogenated alkanes) is 1. The number of aryl methyl sites for hydroxylation is 3. The van der Waals surface area contributed by atoms with Crippen molar-refractivity contribution in [1.29, 1.82) is 0 Å². The van der Waals surface area contributed by atoms with Gasteiger partial charge in [0.15, 0.2) is 0 Å². The molecular formula is C57H75ClFN11O5S. The maximum absolute atomic E-state index is 14.7. The minimum atomic E-state index is -0.939. The van der Waals surface area contributed by atoms with Crippen molar-refractivity contribution in [2.45, 2.75) is 118 Å². The van der Waals surface area contributed by atoms with Crippen molar-refractivity contribution in [3.05, 3.63) is 92.8 Å². The number of rotatable bonds is 19. The summed E-state index contributed by atoms with van der Waals surface area (Å²) in [5, 5.41) is 23.7. The molecule has 4 atom stereocenters. The highest BCUT2D eigenvalue weighted by molar-refractivity contribution is 7.13. The quantitative estimate of drug-likeness (QED) is 0.0544. The third-order valence-electron chi connectivity index (χ3n) is 15.8. The summed E-state index contributed by atoms with van der Waals surface area (Å²) >= 11 is 8.46. The van der Waals surface area contributed by atoms with E-state index in [9.17, 15) is 28.7 Å². The number of nitrogens with zero attached hydrogens (tertiary/aromatic N) is 7. The van der Waals surface area contributed by atoms with Gasteiger partial charge in [0.05, 0.1) is 46.0 Å². The molecule has 5 aromatic rings. The average Bonchev–Trinajstić information content (AvgIpc) is 4.10. The second kappa shape index (κ2) is 23.1. The zero-order valence-electron chi connectivity index (χ0n) is 45.1. The Morgan fingerprint density at radius 2 is 1.62 bits per heavy atom. The van der Waals surface area contributed by atoms with Gasteiger partial charge in [-0.05, 0) is 98.9 Å². The summed E-state index contributed by atoms with van der Waals surface area (Å²) in [6, 6.07) is 13.7. The number of nitrogens with one attached hydrogen (secondary N) is 4. The van der Waals surface area contributed by atoms with Crippen LogP contribution in [0.5, 0.6) is 0 Å². The zero-order chi connectivity index (χ0) is 54.1. The van der Waals surface area contributed by atoms with Crippen molar-refractivity contribution in [2.24, 2.45) is 10.8 Å². The Kier molecular flexibility index (Phi) is 16.8. The molecule has 0 aliphatic carbocycles. The van der Waals surface area contributed by atoms with Crippen molar-refractivity contribution in [2.75, 3.05) is 81.8 Å². The molecule has 0 radical (unpaired) electrons. The molecule has 0 saturated carbocycles. The predicted molar refractivity (Wildman–Crippen MR) is 298 cm³/mol. The Morgan fingerprint density at radius 3 is 2.26 bits per heavy atom. The maximum Gasteiger partial charge on any atom is 0.246 e. The Morgan fingerprint density at radius 1 is 0.921 bits per heavy atom. The Balaban J connectivity index is 0.703. The van der Waals surface area contributed by atoms with E-state index in [4.69, 9.17) is 16.6 Å². The van der Waals surface area contributed by atoms with Gasteiger partial charge in [0.2, 0.25) is 29.6 Å². The highest BCUT2D eigenvalue weighted by atomic mass is 35.5. The van der Waals surface area contributed by atoms with Gasteiger partial charge in [-0.15, -0.1) is 11.3 Å². The largest absolute Gasteiger partial charge is 0.391 e. The average molecular weight is 1080 g/mol. The smallest absolute Gasteiger partial charge is 0.246 e. The number of aliphatic hydroxyl groups excluding tert-OH is 1. The van der Waals surface area contributed by atoms with Crippen molar-refractivity contribution >= 4 is 69.2 Å². The number of piperazine rings is 1. The van der Waals surface area contributed by atoms with Gasteiger partial charge < -0.3 is 45.6 Å². The Hall–Kier alpha value is -5.66. The number of anilines is 2. The van der Waals surface area contributed by atoms with Crippen molar-refractivity contribution in [3.8, 4) is 10.4 Å². The first kappa shape index (κ1) is 55.1. The van der Waals surface area contributed by atoms with Gasteiger partial charge in [0.1, 0.15) is 23.4 Å². The second-order valence-corrected chi connectivity index (χ2v) is 24.2. The van der Waals surface area contributed by atoms with Crippen LogP contribution in [0, 0.1) is 37.4 Å². The molecule has 16 nitrogen and oxygen atoms in total. The van der Waals surface area contributed by atoms with E-state index in [2.05, 4.69) is 45.5 Å². The Labute approximate surface area is 455 Å². The highest BCUT2D eigenvalue weighted by Crippen LogP contribution is 2.41. The van der Waals surface area contributed by atoms with Gasteiger partial charge in [-0.1, -0.05) is 68.8 Å². The number of imidazole rings is 1. The van der Waals surface area contributed by atoms with E-state index in [1.807, 2.05) is 103 Å². The van der Waals surface area contributed by atoms with E-state index in [1.165, 1.54) is 4.90 Å². The number of aromatic nitrogens is 3. The van der Waals surface area contributed by atoms with Crippen molar-refractivity contribution in [1.82, 2.24) is 45.6 Å². The van der Waals surface area contributed by atoms with Crippen LogP contribution in [0.4, 0.5) is 16.0 Å². The standard InChI is InChI=1S/C57H75ClFN11O5S/c1-35-23-39(24-36(2)49(35)59)28-70-45-26-42(58)25-44(50(45)65-55(70)68-32-57(33-68)30-60-31-57)67-21-19-66(20-22-67)18-9-8-11-47(72)61-17-10-12-48(73)64-52(56(5,6)7)54(75)69-29-43(71)27-46(69)53(74)63-37(3)40-13-15-41(16-14-40)51-38(4)62-34-76-51/h13-16,23-26,34,37,43,46,52,60,71H,8-12,17-22,27-33H2,1-7H3,(H,61,72)(H,63,74)(H,64,73). The molecule has 408 valence electrons. The van der Waals surface area contributed by atoms with E-state index in [0.717, 1.165) is 122 Å². The summed E-state index contributed by atoms with van der Waals surface area (Å²) < 4.78 is 16.9. The summed E-state index contributed by atoms with van der Waals surface area (Å²) in [4.78, 5) is 73.4. The van der Waals surface area contributed by atoms with Gasteiger partial charge in [-0.25, -0.2) is 14.4 Å². The van der Waals surface area contributed by atoms with E-state index >= 15 is 0 Å². The second-order valence-electron chi connectivity index (χ2n) is 22.9. The fourth-order valence-electron chi connectivity index (χ4n) is 11.4. The van der Waals surface area contributed by atoms with Gasteiger partial charge in [-0.2, -0.15) is 0 Å². The first-order valence-corrected chi connectivity index (χ1v) is 28.3. The molecule has 9 rings (SSSR count). The summed E-state index contributed by atoms with van der Waals surface area (Å²) in [5.74, 6) is -0.416. The number of aliphatic hydroxyl groups is 1. The molecule has 3 aromatic carbocycles. The lowest BCUT2D eigenvalue weighted by atomic mass is 9.75. The van der Waals surface area contributed by atoms with Crippen LogP contribution in [0.3, 0.4) is 0 Å². The maximum atomic E-state index is 14.7. The molecule has 1 spiro atoms. The van der Waals surface area contributed by atoms with Gasteiger partial charge in [0, 0.05) is 95.1 Å². The molecular weight excluding hydrogens is 1010 g/mol. The third kappa shape index (κ3) is 12.4. The van der Waals surface area contributed by atoms with Gasteiger partial charge in [0.25, 0.3) is 0 Å². The molecule has 5 N–H and O–H groups in total. The van der Waals surface area contributed by atoms with E-state index in [1.54, 1.807) is 11.3 Å². The van der Waals surface area contributed by atoms with Crippen LogP contribution in [0.1, 0.15) is 100 Å². The minimum absolute atomic E-state index is 0.0128. The van der Waals surface area contributed by atoms with Crippen molar-refractivity contribution in [3.63, 3.8) is 0 Å². The molecule has 76 heavy (non-hydrogen) atoms. The third-order valence-corrected chi connectivity index (χ3v) is 17.0. The van der Waals surface area contributed by atoms with Crippen LogP contribution >= 0.6 is 22.9 Å². The number of halogens is 2. The molecule has 4 fully saturated rings. The normalized spacial score (nSPS) is 19.4. The number of amides is 4. The summed E-state index contributed by atoms with van der Waals surface area (Å²) in [6.07, 6.45) is 1.72. The van der Waals surface area contributed by atoms with Gasteiger partial charge in [-0.3, -0.25) is 24.1 Å². The SMILES string of the molecule is Cc1cc(Cn2c(N3CC4(CNC4)C3)nc3c(N4CCN(CCCCC(=O)NCCCC(=O)NC(C(=O)N5CC(O)CC5C(=O)NC(C)c5ccc(-c6scnc6C)cc5)C(C)(C)C)CC4)cc(Cl)cc32)cc(C)c1F. The number of fused-ring (bicyclic) bond motifs is 1. The Bertz CT molecular complexity index is 2900. The van der Waals surface area contributed by atoms with E-state index in [-0.39, 0.29) is 49.0 Å². The number of carbonyl (C=O) groups excluding carboxylic acids is 4. The highest BCUT2D eigenvalue weighted by Gasteiger charge is 2.49. The number of likely N-dealkylation sites (tertiary alicyclic amines) is 1. The number of β-amino-alcohol motifs (C(OH)–C–C–N with tert-alkyl or cyclic N) is 1. The van der Waals surface area contributed by atoms with Gasteiger partial charge >= 0.3 is 0 Å². The zero-order valence-corrected chi connectivity index (χ0v) is 46.7. The first-order chi connectivity index (χ1) is 36.3. The molecule has 4 saturated heterocycles. The molecule has 4 aliphatic rings. The van der Waals surface area contributed by atoms with E-state index < -0.39 is 29.5 Å². The monoisotopic (exact) mass is 1080 g/mol. The lowest BCUT2D eigenvalue weighted by molar-refractivity contribution is -0.144. The molecule has 2 aromatic heterocycles. The van der Waals surface area contributed by atoms with Crippen LogP contribution in [0.2, 0.25) is 5.02 Å². The molecule has 0 bridgehead atoms. The first-order valence-electron chi connectivity index (χ1n) is 27.0. The van der Waals surface area contributed by atoms with Crippen LogP contribution in [-0.2, 0) is 25.7 Å². The number of benzene rings is 3. The topological polar surface area (TPSA) is 180 Å². The molecule has 4 aliphatic heterocycles. The lowest BCUT2D eigenvalue weighted by Gasteiger charge is -2.56. The van der Waals surface area contributed by atoms with Crippen LogP contribution < -0.4 is 31.1 Å². The lowest BCUT2D eigenvalue weighted by Crippen LogP contribution is -2.71. The minimum Gasteiger partial charge on any atom is -0.391 e. The van der Waals surface area contributed by atoms with Crippen molar-refractivity contribution < 1.29 is 28.7 Å². The number of hydrogen-bond donors (Lipinski definition) is 5. The fraction of sp³-hybridized carbons (Fsp3) is 0.544. The summed E-state index contributed by atoms with van der Waals surface area (Å²) in [7, 11) is 0. The van der Waals surface area contributed by atoms with Crippen LogP contribution in [0.25, 0.3) is 21.5 Å². The van der Waals surface area contributed by atoms with Crippen LogP contribution in [0.15, 0.2) is 54.0 Å². The number of carbonyl (C=O) groups is 4. The summed E-state index contributed by atoms with van der Waals surface area (Å²) in [5.41, 5.74) is 9.57. The fourth-order valence-corrected chi connectivity index (χ4v) is 12.4. The molecule has 19 heteroatoms. The molecule has 4 amide bonds. The summed E-state index contributed by atoms with van der Waals surface area (Å²) in [6.45, 7) is 22.1.